The van der Waals surface area contributed by atoms with Crippen LogP contribution >= 0.6 is 0 Å². The van der Waals surface area contributed by atoms with Gasteiger partial charge in [0.15, 0.2) is 28.8 Å². The first-order chi connectivity index (χ1) is 30.7. The second-order valence-corrected chi connectivity index (χ2v) is 15.1. The number of fused-ring (bicyclic) bond motifs is 2. The summed E-state index contributed by atoms with van der Waals surface area (Å²) >= 11 is 0. The van der Waals surface area contributed by atoms with Crippen LogP contribution < -0.4 is 9.47 Å². The molecule has 0 N–H and O–H groups in total. The SMILES string of the molecule is c1ccc(-c2ccc(-c3cc(-c4ccc5c(c4)Oc4cc(-c6ccc(-c7ccncc7)cc6)c(-c6ccc(-c7ccncc7)cc6)cc4O5)nc(-c4ccccc4)n3)cc2)cc1. The Morgan fingerprint density at radius 3 is 1.15 bits per heavy atom. The van der Waals surface area contributed by atoms with Gasteiger partial charge in [-0.25, -0.2) is 9.97 Å². The minimum absolute atomic E-state index is 0.608. The Hall–Kier alpha value is -8.48. The summed E-state index contributed by atoms with van der Waals surface area (Å²) in [7, 11) is 0. The summed E-state index contributed by atoms with van der Waals surface area (Å²) in [6.07, 6.45) is 7.27. The van der Waals surface area contributed by atoms with Gasteiger partial charge in [0.05, 0.1) is 11.4 Å². The van der Waals surface area contributed by atoms with Gasteiger partial charge >= 0.3 is 0 Å². The van der Waals surface area contributed by atoms with Crippen LogP contribution in [0.4, 0.5) is 0 Å². The van der Waals surface area contributed by atoms with Crippen molar-refractivity contribution in [3.05, 3.63) is 219 Å². The molecule has 62 heavy (non-hydrogen) atoms. The van der Waals surface area contributed by atoms with Gasteiger partial charge in [-0.15, -0.1) is 0 Å². The zero-order valence-corrected chi connectivity index (χ0v) is 33.4. The van der Waals surface area contributed by atoms with Crippen LogP contribution in [0.15, 0.2) is 219 Å². The van der Waals surface area contributed by atoms with Crippen LogP contribution in [0, 0.1) is 0 Å². The molecule has 0 saturated heterocycles. The number of hydrogen-bond acceptors (Lipinski definition) is 6. The monoisotopic (exact) mass is 796 g/mol. The van der Waals surface area contributed by atoms with Crippen LogP contribution in [0.3, 0.4) is 0 Å². The fourth-order valence-electron chi connectivity index (χ4n) is 7.96. The lowest BCUT2D eigenvalue weighted by Crippen LogP contribution is -2.01. The molecular weight excluding hydrogens is 761 g/mol. The first-order valence-corrected chi connectivity index (χ1v) is 20.5. The average molecular weight is 797 g/mol. The molecule has 4 heterocycles. The normalized spacial score (nSPS) is 11.5. The van der Waals surface area contributed by atoms with Crippen LogP contribution in [0.5, 0.6) is 23.0 Å². The molecule has 6 nitrogen and oxygen atoms in total. The van der Waals surface area contributed by atoms with Gasteiger partial charge in [0, 0.05) is 41.5 Å². The molecule has 10 aromatic rings. The second-order valence-electron chi connectivity index (χ2n) is 15.1. The number of pyridine rings is 2. The third kappa shape index (κ3) is 7.27. The number of ether oxygens (including phenoxy) is 2. The van der Waals surface area contributed by atoms with E-state index in [2.05, 4.69) is 119 Å². The van der Waals surface area contributed by atoms with Gasteiger partial charge in [-0.3, -0.25) is 9.97 Å². The highest BCUT2D eigenvalue weighted by Crippen LogP contribution is 2.51. The fraction of sp³-hybridized carbons (Fsp3) is 0. The Kier molecular flexibility index (Phi) is 9.41. The summed E-state index contributed by atoms with van der Waals surface area (Å²) in [6.45, 7) is 0. The fourth-order valence-corrected chi connectivity index (χ4v) is 7.96. The van der Waals surface area contributed by atoms with E-state index in [9.17, 15) is 0 Å². The standard InChI is InChI=1S/C56H36N4O2/c1-3-7-37(8-4-1)38-15-21-45(22-16-38)50-36-51(60-56(59-50)46-9-5-2-6-10-46)47-23-24-52-53(33-47)62-55-35-49(44-19-13-40(14-20-44)42-27-31-58-32-28-42)48(34-54(55)61-52)43-17-11-39(12-18-43)41-25-29-57-30-26-41/h1-36H. The highest BCUT2D eigenvalue weighted by molar-refractivity contribution is 5.88. The lowest BCUT2D eigenvalue weighted by atomic mass is 9.91. The molecule has 0 saturated carbocycles. The van der Waals surface area contributed by atoms with Crippen molar-refractivity contribution >= 4 is 0 Å². The number of nitrogens with zero attached hydrogens (tertiary/aromatic N) is 4. The van der Waals surface area contributed by atoms with Gasteiger partial charge in [-0.05, 0) is 116 Å². The van der Waals surface area contributed by atoms with E-state index in [1.165, 1.54) is 5.56 Å². The molecule has 6 heteroatoms. The van der Waals surface area contributed by atoms with Crippen LogP contribution in [-0.2, 0) is 0 Å². The Morgan fingerprint density at radius 2 is 0.629 bits per heavy atom. The molecule has 7 aromatic carbocycles. The van der Waals surface area contributed by atoms with E-state index in [1.54, 1.807) is 0 Å². The minimum atomic E-state index is 0.608. The lowest BCUT2D eigenvalue weighted by molar-refractivity contribution is 0.360. The van der Waals surface area contributed by atoms with Crippen molar-refractivity contribution < 1.29 is 9.47 Å². The van der Waals surface area contributed by atoms with E-state index in [1.807, 2.05) is 110 Å². The van der Waals surface area contributed by atoms with E-state index in [-0.39, 0.29) is 0 Å². The first kappa shape index (κ1) is 36.6. The molecule has 0 aliphatic carbocycles. The van der Waals surface area contributed by atoms with Crippen molar-refractivity contribution in [1.29, 1.82) is 0 Å². The van der Waals surface area contributed by atoms with Crippen molar-refractivity contribution in [3.63, 3.8) is 0 Å². The summed E-state index contributed by atoms with van der Waals surface area (Å²) in [5.74, 6) is 3.16. The topological polar surface area (TPSA) is 70.0 Å². The molecular formula is C56H36N4O2. The predicted molar refractivity (Wildman–Crippen MR) is 248 cm³/mol. The summed E-state index contributed by atoms with van der Waals surface area (Å²) in [5, 5.41) is 0. The van der Waals surface area contributed by atoms with Crippen LogP contribution in [0.25, 0.3) is 89.5 Å². The van der Waals surface area contributed by atoms with Crippen molar-refractivity contribution in [3.8, 4) is 113 Å². The molecule has 292 valence electrons. The molecule has 0 atom stereocenters. The van der Waals surface area contributed by atoms with Gasteiger partial charge < -0.3 is 9.47 Å². The lowest BCUT2D eigenvalue weighted by Gasteiger charge is -2.24. The van der Waals surface area contributed by atoms with Crippen LogP contribution in [-0.4, -0.2) is 19.9 Å². The van der Waals surface area contributed by atoms with Crippen molar-refractivity contribution in [2.24, 2.45) is 0 Å². The number of aromatic nitrogens is 4. The number of rotatable bonds is 8. The third-order valence-electron chi connectivity index (χ3n) is 11.2. The molecule has 1 aliphatic rings. The summed E-state index contributed by atoms with van der Waals surface area (Å²) in [6, 6.07) is 66.6. The second kappa shape index (κ2) is 15.9. The van der Waals surface area contributed by atoms with Crippen LogP contribution in [0.1, 0.15) is 0 Å². The maximum absolute atomic E-state index is 6.77. The molecule has 0 bridgehead atoms. The third-order valence-corrected chi connectivity index (χ3v) is 11.2. The Bertz CT molecular complexity index is 3180. The number of hydrogen-bond donors (Lipinski definition) is 0. The van der Waals surface area contributed by atoms with Crippen LogP contribution in [0.2, 0.25) is 0 Å². The molecule has 1 aliphatic heterocycles. The van der Waals surface area contributed by atoms with E-state index in [0.717, 1.165) is 78.1 Å². The van der Waals surface area contributed by atoms with Gasteiger partial charge in [0.2, 0.25) is 0 Å². The zero-order chi connectivity index (χ0) is 41.2. The molecule has 3 aromatic heterocycles. The van der Waals surface area contributed by atoms with E-state index < -0.39 is 0 Å². The Labute approximate surface area is 359 Å². The highest BCUT2D eigenvalue weighted by Gasteiger charge is 2.24. The van der Waals surface area contributed by atoms with Crippen molar-refractivity contribution in [2.75, 3.05) is 0 Å². The maximum Gasteiger partial charge on any atom is 0.170 e. The van der Waals surface area contributed by atoms with E-state index >= 15 is 0 Å². The van der Waals surface area contributed by atoms with E-state index in [4.69, 9.17) is 19.4 Å². The average Bonchev–Trinajstić information content (AvgIpc) is 3.36. The van der Waals surface area contributed by atoms with Gasteiger partial charge in [0.1, 0.15) is 0 Å². The minimum Gasteiger partial charge on any atom is -0.449 e. The van der Waals surface area contributed by atoms with E-state index in [0.29, 0.717) is 28.8 Å². The van der Waals surface area contributed by atoms with Crippen molar-refractivity contribution in [2.45, 2.75) is 0 Å². The highest BCUT2D eigenvalue weighted by atomic mass is 16.6. The largest absolute Gasteiger partial charge is 0.449 e. The van der Waals surface area contributed by atoms with Gasteiger partial charge in [-0.2, -0.15) is 0 Å². The molecule has 11 rings (SSSR count). The summed E-state index contributed by atoms with van der Waals surface area (Å²) in [5.41, 5.74) is 15.4. The smallest absolute Gasteiger partial charge is 0.170 e. The Balaban J connectivity index is 0.967. The summed E-state index contributed by atoms with van der Waals surface area (Å²) < 4.78 is 13.4. The molecule has 0 unspecified atom stereocenters. The molecule has 0 radical (unpaired) electrons. The zero-order valence-electron chi connectivity index (χ0n) is 33.4. The van der Waals surface area contributed by atoms with Gasteiger partial charge in [-0.1, -0.05) is 133 Å². The van der Waals surface area contributed by atoms with Crippen molar-refractivity contribution in [1.82, 2.24) is 19.9 Å². The molecule has 0 fully saturated rings. The van der Waals surface area contributed by atoms with Gasteiger partial charge in [0.25, 0.3) is 0 Å². The number of benzene rings is 7. The maximum atomic E-state index is 6.77. The first-order valence-electron chi connectivity index (χ1n) is 20.5. The summed E-state index contributed by atoms with van der Waals surface area (Å²) in [4.78, 5) is 18.5. The predicted octanol–water partition coefficient (Wildman–Crippen LogP) is 14.5. The Morgan fingerprint density at radius 1 is 0.258 bits per heavy atom. The molecule has 0 amide bonds. The molecule has 0 spiro atoms. The quantitative estimate of drug-likeness (QED) is 0.153.